The van der Waals surface area contributed by atoms with Gasteiger partial charge < -0.3 is 10.2 Å². The maximum atomic E-state index is 12.1. The van der Waals surface area contributed by atoms with Gasteiger partial charge in [-0.05, 0) is 64.1 Å². The van der Waals surface area contributed by atoms with Crippen molar-refractivity contribution in [2.45, 2.75) is 38.9 Å². The third-order valence-electron chi connectivity index (χ3n) is 4.68. The van der Waals surface area contributed by atoms with Gasteiger partial charge in [0.2, 0.25) is 5.91 Å². The summed E-state index contributed by atoms with van der Waals surface area (Å²) in [5.41, 5.74) is 3.15. The fourth-order valence-corrected chi connectivity index (χ4v) is 4.03. The summed E-state index contributed by atoms with van der Waals surface area (Å²) in [7, 11) is 0. The molecule has 3 aromatic rings. The van der Waals surface area contributed by atoms with Crippen LogP contribution in [0.5, 0.6) is 0 Å². The third kappa shape index (κ3) is 5.21. The molecule has 1 N–H and O–H groups in total. The van der Waals surface area contributed by atoms with E-state index in [1.54, 1.807) is 0 Å². The Balaban J connectivity index is 1.93. The number of benzene rings is 2. The SMILES string of the molecule is CCN(CC)c1ccc(-c2nnc(SCC(=O)NC(C)C)n2-c2ccccc2)cc1. The van der Waals surface area contributed by atoms with E-state index in [0.29, 0.717) is 10.9 Å². The highest BCUT2D eigenvalue weighted by atomic mass is 32.2. The molecular weight excluding hydrogens is 394 g/mol. The lowest BCUT2D eigenvalue weighted by Crippen LogP contribution is -2.31. The molecule has 0 unspecified atom stereocenters. The van der Waals surface area contributed by atoms with Gasteiger partial charge in [0.1, 0.15) is 0 Å². The van der Waals surface area contributed by atoms with Crippen molar-refractivity contribution >= 4 is 23.4 Å². The van der Waals surface area contributed by atoms with Crippen molar-refractivity contribution < 1.29 is 4.79 Å². The fraction of sp³-hybridized carbons (Fsp3) is 0.348. The van der Waals surface area contributed by atoms with Crippen LogP contribution in [0.3, 0.4) is 0 Å². The minimum absolute atomic E-state index is 0.0114. The number of rotatable bonds is 9. The summed E-state index contributed by atoms with van der Waals surface area (Å²) in [6, 6.07) is 18.5. The first-order valence-corrected chi connectivity index (χ1v) is 11.3. The molecular formula is C23H29N5OS. The number of aromatic nitrogens is 3. The van der Waals surface area contributed by atoms with Crippen molar-refractivity contribution in [3.05, 3.63) is 54.6 Å². The Morgan fingerprint density at radius 1 is 1.03 bits per heavy atom. The molecule has 1 heterocycles. The van der Waals surface area contributed by atoms with Crippen LogP contribution >= 0.6 is 11.8 Å². The normalized spacial score (nSPS) is 11.0. The quantitative estimate of drug-likeness (QED) is 0.517. The van der Waals surface area contributed by atoms with Gasteiger partial charge in [-0.3, -0.25) is 9.36 Å². The monoisotopic (exact) mass is 423 g/mol. The maximum absolute atomic E-state index is 12.1. The summed E-state index contributed by atoms with van der Waals surface area (Å²) < 4.78 is 2.01. The third-order valence-corrected chi connectivity index (χ3v) is 5.61. The topological polar surface area (TPSA) is 63.1 Å². The van der Waals surface area contributed by atoms with Crippen LogP contribution < -0.4 is 10.2 Å². The number of hydrogen-bond acceptors (Lipinski definition) is 5. The van der Waals surface area contributed by atoms with Gasteiger partial charge in [0.05, 0.1) is 5.75 Å². The van der Waals surface area contributed by atoms with Gasteiger partial charge in [0.25, 0.3) is 0 Å². The number of para-hydroxylation sites is 1. The van der Waals surface area contributed by atoms with Crippen molar-refractivity contribution in [2.24, 2.45) is 0 Å². The van der Waals surface area contributed by atoms with Crippen LogP contribution in [-0.2, 0) is 4.79 Å². The lowest BCUT2D eigenvalue weighted by atomic mass is 10.1. The van der Waals surface area contributed by atoms with Crippen LogP contribution in [0.1, 0.15) is 27.7 Å². The lowest BCUT2D eigenvalue weighted by Gasteiger charge is -2.21. The minimum atomic E-state index is -0.0114. The number of thioether (sulfide) groups is 1. The summed E-state index contributed by atoms with van der Waals surface area (Å²) in [5, 5.41) is 12.5. The van der Waals surface area contributed by atoms with Gasteiger partial charge in [-0.25, -0.2) is 0 Å². The first-order chi connectivity index (χ1) is 14.5. The molecule has 1 aromatic heterocycles. The molecule has 0 bridgehead atoms. The van der Waals surface area contributed by atoms with E-state index < -0.39 is 0 Å². The molecule has 6 nitrogen and oxygen atoms in total. The summed E-state index contributed by atoms with van der Waals surface area (Å²) >= 11 is 1.39. The Labute approximate surface area is 182 Å². The van der Waals surface area contributed by atoms with Crippen LogP contribution in [-0.4, -0.2) is 45.6 Å². The predicted octanol–water partition coefficient (Wildman–Crippen LogP) is 4.40. The number of nitrogens with zero attached hydrogens (tertiary/aromatic N) is 4. The van der Waals surface area contributed by atoms with E-state index in [4.69, 9.17) is 0 Å². The van der Waals surface area contributed by atoms with Crippen LogP contribution in [0.4, 0.5) is 5.69 Å². The lowest BCUT2D eigenvalue weighted by molar-refractivity contribution is -0.119. The van der Waals surface area contributed by atoms with Gasteiger partial charge in [0, 0.05) is 36.1 Å². The molecule has 0 aliphatic heterocycles. The second kappa shape index (κ2) is 10.3. The Morgan fingerprint density at radius 3 is 2.30 bits per heavy atom. The van der Waals surface area contributed by atoms with Crippen molar-refractivity contribution in [1.82, 2.24) is 20.1 Å². The summed E-state index contributed by atoms with van der Waals surface area (Å²) in [6.45, 7) is 10.2. The number of amides is 1. The standard InChI is InChI=1S/C23H29N5OS/c1-5-27(6-2)19-14-12-18(13-15-19)22-25-26-23(30-16-21(29)24-17(3)4)28(22)20-10-8-7-9-11-20/h7-15,17H,5-6,16H2,1-4H3,(H,24,29). The molecule has 2 aromatic carbocycles. The van der Waals surface area contributed by atoms with Gasteiger partial charge >= 0.3 is 0 Å². The van der Waals surface area contributed by atoms with E-state index in [-0.39, 0.29) is 11.9 Å². The molecule has 0 atom stereocenters. The molecule has 0 saturated carbocycles. The molecule has 30 heavy (non-hydrogen) atoms. The van der Waals surface area contributed by atoms with Crippen molar-refractivity contribution in [1.29, 1.82) is 0 Å². The van der Waals surface area contributed by atoms with Gasteiger partial charge in [0.15, 0.2) is 11.0 Å². The number of hydrogen-bond donors (Lipinski definition) is 1. The number of carbonyl (C=O) groups excluding carboxylic acids is 1. The molecule has 158 valence electrons. The Morgan fingerprint density at radius 2 is 1.70 bits per heavy atom. The summed E-state index contributed by atoms with van der Waals surface area (Å²) in [4.78, 5) is 14.4. The van der Waals surface area contributed by atoms with Crippen LogP contribution in [0.15, 0.2) is 59.8 Å². The average Bonchev–Trinajstić information content (AvgIpc) is 3.18. The number of carbonyl (C=O) groups is 1. The predicted molar refractivity (Wildman–Crippen MR) is 124 cm³/mol. The zero-order valence-electron chi connectivity index (χ0n) is 18.0. The van der Waals surface area contributed by atoms with Gasteiger partial charge in [-0.1, -0.05) is 30.0 Å². The largest absolute Gasteiger partial charge is 0.372 e. The molecule has 0 aliphatic rings. The molecule has 0 fully saturated rings. The van der Waals surface area contributed by atoms with E-state index in [1.807, 2.05) is 48.7 Å². The molecule has 0 radical (unpaired) electrons. The fourth-order valence-electron chi connectivity index (χ4n) is 3.26. The van der Waals surface area contributed by atoms with Crippen LogP contribution in [0.2, 0.25) is 0 Å². The first-order valence-electron chi connectivity index (χ1n) is 10.3. The van der Waals surface area contributed by atoms with Gasteiger partial charge in [-0.15, -0.1) is 10.2 Å². The number of nitrogens with one attached hydrogen (secondary N) is 1. The van der Waals surface area contributed by atoms with E-state index in [1.165, 1.54) is 17.4 Å². The molecule has 7 heteroatoms. The molecule has 1 amide bonds. The van der Waals surface area contributed by atoms with E-state index >= 15 is 0 Å². The molecule has 0 saturated heterocycles. The maximum Gasteiger partial charge on any atom is 0.230 e. The van der Waals surface area contributed by atoms with Crippen molar-refractivity contribution in [3.63, 3.8) is 0 Å². The zero-order valence-corrected chi connectivity index (χ0v) is 18.8. The second-order valence-corrected chi connectivity index (χ2v) is 8.15. The van der Waals surface area contributed by atoms with Crippen LogP contribution in [0.25, 0.3) is 17.1 Å². The second-order valence-electron chi connectivity index (χ2n) is 7.21. The minimum Gasteiger partial charge on any atom is -0.372 e. The zero-order chi connectivity index (χ0) is 21.5. The van der Waals surface area contributed by atoms with E-state index in [2.05, 4.69) is 58.5 Å². The smallest absolute Gasteiger partial charge is 0.230 e. The highest BCUT2D eigenvalue weighted by Gasteiger charge is 2.17. The van der Waals surface area contributed by atoms with Crippen molar-refractivity contribution in [3.8, 4) is 17.1 Å². The molecule has 0 spiro atoms. The average molecular weight is 424 g/mol. The van der Waals surface area contributed by atoms with Crippen LogP contribution in [0, 0.1) is 0 Å². The first kappa shape index (κ1) is 21.9. The van der Waals surface area contributed by atoms with E-state index in [0.717, 1.165) is 30.2 Å². The van der Waals surface area contributed by atoms with Gasteiger partial charge in [-0.2, -0.15) is 0 Å². The summed E-state index contributed by atoms with van der Waals surface area (Å²) in [6.07, 6.45) is 0. The highest BCUT2D eigenvalue weighted by Crippen LogP contribution is 2.29. The summed E-state index contributed by atoms with van der Waals surface area (Å²) in [5.74, 6) is 1.05. The molecule has 3 rings (SSSR count). The van der Waals surface area contributed by atoms with Crippen molar-refractivity contribution in [2.75, 3.05) is 23.7 Å². The highest BCUT2D eigenvalue weighted by molar-refractivity contribution is 7.99. The Kier molecular flexibility index (Phi) is 7.52. The Hall–Kier alpha value is -2.80. The van der Waals surface area contributed by atoms with E-state index in [9.17, 15) is 4.79 Å². The molecule has 0 aliphatic carbocycles. The number of anilines is 1. The Bertz CT molecular complexity index is 949.